The molecule has 0 radical (unpaired) electrons. The van der Waals surface area contributed by atoms with Gasteiger partial charge in [0, 0.05) is 19.7 Å². The Kier molecular flexibility index (Phi) is 6.58. The van der Waals surface area contributed by atoms with Gasteiger partial charge in [-0.2, -0.15) is 0 Å². The number of carbonyl (C=O) groups excluding carboxylic acids is 1. The molecule has 5 heteroatoms. The minimum Gasteiger partial charge on any atom is -0.383 e. The van der Waals surface area contributed by atoms with Crippen LogP contribution >= 0.6 is 0 Å². The van der Waals surface area contributed by atoms with Crippen LogP contribution in [0.25, 0.3) is 0 Å². The largest absolute Gasteiger partial charge is 0.383 e. The summed E-state index contributed by atoms with van der Waals surface area (Å²) >= 11 is 0. The van der Waals surface area contributed by atoms with Crippen LogP contribution in [0.2, 0.25) is 0 Å². The first kappa shape index (κ1) is 16.6. The lowest BCUT2D eigenvalue weighted by Gasteiger charge is -2.30. The third-order valence-corrected chi connectivity index (χ3v) is 3.36. The molecule has 0 atom stereocenters. The standard InChI is InChI=1S/C15H21F2NO2/c1-4-11(5-2)18(9-10-20-3)15(19)12-7-6-8-13(16)14(12)17/h6-8,11H,4-5,9-10H2,1-3H3. The molecule has 112 valence electrons. The molecular formula is C15H21F2NO2. The Morgan fingerprint density at radius 3 is 2.50 bits per heavy atom. The molecule has 0 bridgehead atoms. The van der Waals surface area contributed by atoms with Gasteiger partial charge in [-0.3, -0.25) is 4.79 Å². The second kappa shape index (κ2) is 7.94. The molecule has 1 aromatic carbocycles. The van der Waals surface area contributed by atoms with Crippen molar-refractivity contribution in [3.05, 3.63) is 35.4 Å². The number of nitrogens with zero attached hydrogens (tertiary/aromatic N) is 1. The minimum atomic E-state index is -1.09. The highest BCUT2D eigenvalue weighted by molar-refractivity contribution is 5.94. The van der Waals surface area contributed by atoms with Gasteiger partial charge in [-0.15, -0.1) is 0 Å². The van der Waals surface area contributed by atoms with Crippen LogP contribution in [0, 0.1) is 11.6 Å². The first-order valence-corrected chi connectivity index (χ1v) is 6.80. The van der Waals surface area contributed by atoms with Gasteiger partial charge in [-0.05, 0) is 25.0 Å². The van der Waals surface area contributed by atoms with Crippen molar-refractivity contribution in [1.82, 2.24) is 4.90 Å². The summed E-state index contributed by atoms with van der Waals surface area (Å²) in [7, 11) is 1.54. The molecule has 0 heterocycles. The predicted molar refractivity (Wildman–Crippen MR) is 73.6 cm³/mol. The van der Waals surface area contributed by atoms with Gasteiger partial charge < -0.3 is 9.64 Å². The second-order valence-electron chi connectivity index (χ2n) is 4.56. The second-order valence-corrected chi connectivity index (χ2v) is 4.56. The number of benzene rings is 1. The maximum absolute atomic E-state index is 13.8. The summed E-state index contributed by atoms with van der Waals surface area (Å²) in [6, 6.07) is 3.64. The maximum atomic E-state index is 13.8. The Morgan fingerprint density at radius 2 is 1.95 bits per heavy atom. The molecule has 1 amide bonds. The van der Waals surface area contributed by atoms with Crippen molar-refractivity contribution in [1.29, 1.82) is 0 Å². The molecule has 0 saturated carbocycles. The predicted octanol–water partition coefficient (Wildman–Crippen LogP) is 3.24. The van der Waals surface area contributed by atoms with Crippen molar-refractivity contribution < 1.29 is 18.3 Å². The smallest absolute Gasteiger partial charge is 0.257 e. The lowest BCUT2D eigenvalue weighted by atomic mass is 10.1. The van der Waals surface area contributed by atoms with E-state index in [4.69, 9.17) is 4.74 Å². The third kappa shape index (κ3) is 3.76. The Labute approximate surface area is 118 Å². The summed E-state index contributed by atoms with van der Waals surface area (Å²) in [4.78, 5) is 14.0. The maximum Gasteiger partial charge on any atom is 0.257 e. The molecule has 0 saturated heterocycles. The van der Waals surface area contributed by atoms with Crippen molar-refractivity contribution in [2.45, 2.75) is 32.7 Å². The van der Waals surface area contributed by atoms with E-state index in [0.29, 0.717) is 13.2 Å². The zero-order chi connectivity index (χ0) is 15.1. The van der Waals surface area contributed by atoms with E-state index in [0.717, 1.165) is 18.9 Å². The Bertz CT molecular complexity index is 447. The summed E-state index contributed by atoms with van der Waals surface area (Å²) < 4.78 is 32.0. The molecule has 20 heavy (non-hydrogen) atoms. The Morgan fingerprint density at radius 1 is 1.30 bits per heavy atom. The molecule has 0 unspecified atom stereocenters. The number of methoxy groups -OCH3 is 1. The summed E-state index contributed by atoms with van der Waals surface area (Å²) in [5.41, 5.74) is -0.229. The highest BCUT2D eigenvalue weighted by atomic mass is 19.2. The normalized spacial score (nSPS) is 10.9. The zero-order valence-electron chi connectivity index (χ0n) is 12.2. The van der Waals surface area contributed by atoms with Crippen LogP contribution < -0.4 is 0 Å². The van der Waals surface area contributed by atoms with E-state index in [-0.39, 0.29) is 11.6 Å². The molecule has 0 aromatic heterocycles. The molecule has 0 spiro atoms. The fourth-order valence-electron chi connectivity index (χ4n) is 2.19. The number of amides is 1. The van der Waals surface area contributed by atoms with E-state index < -0.39 is 17.5 Å². The van der Waals surface area contributed by atoms with Gasteiger partial charge in [0.05, 0.1) is 12.2 Å². The quantitative estimate of drug-likeness (QED) is 0.769. The fourth-order valence-corrected chi connectivity index (χ4v) is 2.19. The monoisotopic (exact) mass is 285 g/mol. The molecule has 0 aliphatic heterocycles. The van der Waals surface area contributed by atoms with Crippen molar-refractivity contribution in [2.75, 3.05) is 20.3 Å². The van der Waals surface area contributed by atoms with Crippen molar-refractivity contribution in [3.8, 4) is 0 Å². The number of hydrogen-bond acceptors (Lipinski definition) is 2. The number of ether oxygens (including phenoxy) is 1. The summed E-state index contributed by atoms with van der Waals surface area (Å²) in [6.07, 6.45) is 1.51. The topological polar surface area (TPSA) is 29.5 Å². The first-order chi connectivity index (χ1) is 9.56. The molecule has 3 nitrogen and oxygen atoms in total. The highest BCUT2D eigenvalue weighted by Crippen LogP contribution is 2.17. The molecule has 0 aliphatic rings. The van der Waals surface area contributed by atoms with E-state index in [1.807, 2.05) is 13.8 Å². The van der Waals surface area contributed by atoms with Gasteiger partial charge in [0.25, 0.3) is 5.91 Å². The summed E-state index contributed by atoms with van der Waals surface area (Å²) in [6.45, 7) is 4.64. The molecule has 1 rings (SSSR count). The van der Waals surface area contributed by atoms with Gasteiger partial charge in [0.2, 0.25) is 0 Å². The number of carbonyl (C=O) groups is 1. The van der Waals surface area contributed by atoms with Gasteiger partial charge >= 0.3 is 0 Å². The highest BCUT2D eigenvalue weighted by Gasteiger charge is 2.25. The molecule has 0 fully saturated rings. The summed E-state index contributed by atoms with van der Waals surface area (Å²) in [5, 5.41) is 0. The van der Waals surface area contributed by atoms with Gasteiger partial charge in [-0.1, -0.05) is 19.9 Å². The molecule has 0 aliphatic carbocycles. The Hall–Kier alpha value is -1.49. The van der Waals surface area contributed by atoms with Crippen molar-refractivity contribution >= 4 is 5.91 Å². The molecular weight excluding hydrogens is 264 g/mol. The van der Waals surface area contributed by atoms with E-state index in [9.17, 15) is 13.6 Å². The number of hydrogen-bond donors (Lipinski definition) is 0. The van der Waals surface area contributed by atoms with Crippen LogP contribution in [0.5, 0.6) is 0 Å². The van der Waals surface area contributed by atoms with Crippen LogP contribution in [-0.4, -0.2) is 37.1 Å². The Balaban J connectivity index is 3.05. The average molecular weight is 285 g/mol. The van der Waals surface area contributed by atoms with E-state index in [1.54, 1.807) is 12.0 Å². The van der Waals surface area contributed by atoms with E-state index in [2.05, 4.69) is 0 Å². The van der Waals surface area contributed by atoms with Gasteiger partial charge in [-0.25, -0.2) is 8.78 Å². The lowest BCUT2D eigenvalue weighted by molar-refractivity contribution is 0.0584. The van der Waals surface area contributed by atoms with Crippen LogP contribution in [0.3, 0.4) is 0 Å². The average Bonchev–Trinajstić information content (AvgIpc) is 2.45. The van der Waals surface area contributed by atoms with Crippen molar-refractivity contribution in [3.63, 3.8) is 0 Å². The summed E-state index contributed by atoms with van der Waals surface area (Å²) in [5.74, 6) is -2.59. The zero-order valence-corrected chi connectivity index (χ0v) is 12.2. The molecule has 1 aromatic rings. The fraction of sp³-hybridized carbons (Fsp3) is 0.533. The van der Waals surface area contributed by atoms with Crippen LogP contribution in [0.15, 0.2) is 18.2 Å². The number of halogens is 2. The van der Waals surface area contributed by atoms with Crippen LogP contribution in [0.1, 0.15) is 37.0 Å². The van der Waals surface area contributed by atoms with Crippen molar-refractivity contribution in [2.24, 2.45) is 0 Å². The number of rotatable bonds is 7. The minimum absolute atomic E-state index is 0.0136. The van der Waals surface area contributed by atoms with Crippen LogP contribution in [-0.2, 0) is 4.74 Å². The van der Waals surface area contributed by atoms with E-state index in [1.165, 1.54) is 12.1 Å². The lowest BCUT2D eigenvalue weighted by Crippen LogP contribution is -2.42. The van der Waals surface area contributed by atoms with E-state index >= 15 is 0 Å². The van der Waals surface area contributed by atoms with Gasteiger partial charge in [0.15, 0.2) is 11.6 Å². The first-order valence-electron chi connectivity index (χ1n) is 6.80. The van der Waals surface area contributed by atoms with Gasteiger partial charge in [0.1, 0.15) is 0 Å². The SMILES string of the molecule is CCC(CC)N(CCOC)C(=O)c1cccc(F)c1F. The third-order valence-electron chi connectivity index (χ3n) is 3.36. The van der Waals surface area contributed by atoms with Crippen LogP contribution in [0.4, 0.5) is 8.78 Å². The molecule has 0 N–H and O–H groups in total.